The van der Waals surface area contributed by atoms with E-state index >= 15 is 0 Å². The Morgan fingerprint density at radius 1 is 1.33 bits per heavy atom. The highest BCUT2D eigenvalue weighted by Gasteiger charge is 2.34. The fourth-order valence-corrected chi connectivity index (χ4v) is 5.22. The highest BCUT2D eigenvalue weighted by Crippen LogP contribution is 2.32. The zero-order chi connectivity index (χ0) is 24.0. The van der Waals surface area contributed by atoms with Crippen molar-refractivity contribution < 1.29 is 19.5 Å². The van der Waals surface area contributed by atoms with Crippen LogP contribution in [-0.2, 0) is 29.6 Å². The number of hydroxylamine groups is 2. The van der Waals surface area contributed by atoms with Gasteiger partial charge in [-0.2, -0.15) is 0 Å². The Hall–Kier alpha value is -2.96. The molecule has 33 heavy (non-hydrogen) atoms. The molecule has 0 spiro atoms. The summed E-state index contributed by atoms with van der Waals surface area (Å²) in [5, 5.41) is 10.9. The van der Waals surface area contributed by atoms with Gasteiger partial charge in [0.1, 0.15) is 23.6 Å². The SMILES string of the molecule is CC1=N[C@@H](Cc2sc3c(c2C(=O)N2CC(O)CO2)c(=O)n(C)c(=O)n3CC(C)C)C(=O)N=C1. The van der Waals surface area contributed by atoms with Crippen LogP contribution in [0, 0.1) is 5.92 Å². The molecule has 2 aliphatic heterocycles. The van der Waals surface area contributed by atoms with Gasteiger partial charge in [0.05, 0.1) is 29.4 Å². The van der Waals surface area contributed by atoms with Crippen LogP contribution in [0.5, 0.6) is 0 Å². The van der Waals surface area contributed by atoms with E-state index in [4.69, 9.17) is 4.84 Å². The molecule has 0 saturated carbocycles. The Labute approximate surface area is 192 Å². The van der Waals surface area contributed by atoms with E-state index in [1.54, 1.807) is 6.92 Å². The maximum absolute atomic E-state index is 13.5. The number of carbonyl (C=O) groups is 2. The van der Waals surface area contributed by atoms with Crippen molar-refractivity contribution in [1.29, 1.82) is 0 Å². The molecule has 2 aromatic rings. The van der Waals surface area contributed by atoms with Gasteiger partial charge in [-0.25, -0.2) is 14.9 Å². The summed E-state index contributed by atoms with van der Waals surface area (Å²) in [5.41, 5.74) is -0.439. The van der Waals surface area contributed by atoms with Gasteiger partial charge in [-0.1, -0.05) is 13.8 Å². The molecule has 1 unspecified atom stereocenters. The Balaban J connectivity index is 1.95. The molecular weight excluding hydrogens is 450 g/mol. The molecule has 2 aliphatic rings. The molecule has 1 fully saturated rings. The molecule has 1 N–H and O–H groups in total. The number of rotatable bonds is 5. The predicted octanol–water partition coefficient (Wildman–Crippen LogP) is 0.149. The lowest BCUT2D eigenvalue weighted by Crippen LogP contribution is -2.39. The number of amides is 2. The second-order valence-electron chi connectivity index (χ2n) is 8.63. The Bertz CT molecular complexity index is 1320. The highest BCUT2D eigenvalue weighted by molar-refractivity contribution is 7.19. The first-order valence-electron chi connectivity index (χ1n) is 10.6. The van der Waals surface area contributed by atoms with Crippen LogP contribution in [0.4, 0.5) is 0 Å². The fraction of sp³-hybridized carbons (Fsp3) is 0.524. The van der Waals surface area contributed by atoms with Crippen molar-refractivity contribution in [3.63, 3.8) is 0 Å². The van der Waals surface area contributed by atoms with Gasteiger partial charge in [-0.15, -0.1) is 11.3 Å². The summed E-state index contributed by atoms with van der Waals surface area (Å²) in [6.07, 6.45) is 0.583. The molecule has 0 bridgehead atoms. The van der Waals surface area contributed by atoms with Crippen LogP contribution in [0.3, 0.4) is 0 Å². The predicted molar refractivity (Wildman–Crippen MR) is 123 cm³/mol. The molecule has 0 aliphatic carbocycles. The lowest BCUT2D eigenvalue weighted by molar-refractivity contribution is -0.118. The fourth-order valence-electron chi connectivity index (χ4n) is 3.90. The minimum Gasteiger partial charge on any atom is -0.389 e. The van der Waals surface area contributed by atoms with Crippen molar-refractivity contribution >= 4 is 45.3 Å². The number of aliphatic imine (C=N–C) groups is 2. The van der Waals surface area contributed by atoms with E-state index in [0.717, 1.165) is 21.0 Å². The molecule has 1 saturated heterocycles. The summed E-state index contributed by atoms with van der Waals surface area (Å²) in [5.74, 6) is -0.949. The molecule has 11 nitrogen and oxygen atoms in total. The smallest absolute Gasteiger partial charge is 0.331 e. The van der Waals surface area contributed by atoms with Gasteiger partial charge in [-0.3, -0.25) is 33.3 Å². The largest absolute Gasteiger partial charge is 0.389 e. The number of aliphatic hydroxyl groups is 1. The molecule has 176 valence electrons. The van der Waals surface area contributed by atoms with Crippen LogP contribution in [0.1, 0.15) is 36.0 Å². The third kappa shape index (κ3) is 4.21. The molecule has 4 rings (SSSR count). The third-order valence-electron chi connectivity index (χ3n) is 5.43. The number of aliphatic hydroxyl groups excluding tert-OH is 1. The molecule has 4 heterocycles. The van der Waals surface area contributed by atoms with Gasteiger partial charge in [0.2, 0.25) is 0 Å². The van der Waals surface area contributed by atoms with Gasteiger partial charge < -0.3 is 5.11 Å². The molecule has 2 aromatic heterocycles. The zero-order valence-corrected chi connectivity index (χ0v) is 19.6. The minimum absolute atomic E-state index is 0.0431. The average molecular weight is 476 g/mol. The number of β-amino-alcohol motifs (C(OH)–C–C–N with tert-alkyl or cyclic N) is 1. The Kier molecular flexibility index (Phi) is 6.16. The number of aromatic nitrogens is 2. The third-order valence-corrected chi connectivity index (χ3v) is 6.67. The van der Waals surface area contributed by atoms with Gasteiger partial charge in [0.15, 0.2) is 0 Å². The van der Waals surface area contributed by atoms with E-state index in [2.05, 4.69) is 9.98 Å². The van der Waals surface area contributed by atoms with Crippen LogP contribution in [0.15, 0.2) is 19.6 Å². The van der Waals surface area contributed by atoms with Crippen molar-refractivity contribution in [2.24, 2.45) is 23.0 Å². The standard InChI is InChI=1S/C21H25N5O6S/c1-10(2)7-25-20-16(18(29)24(4)21(25)31)15(19(30)26-8-12(27)9-32-26)14(33-20)5-13-17(28)22-6-11(3)23-13/h6,10,12-13,27H,5,7-9H2,1-4H3/t12?,13-/m0/s1. The van der Waals surface area contributed by atoms with Crippen molar-refractivity contribution in [3.8, 4) is 0 Å². The summed E-state index contributed by atoms with van der Waals surface area (Å²) in [6.45, 7) is 5.86. The molecule has 0 aromatic carbocycles. The molecular formula is C21H25N5O6S. The first-order chi connectivity index (χ1) is 15.6. The van der Waals surface area contributed by atoms with Crippen molar-refractivity contribution in [1.82, 2.24) is 14.2 Å². The molecule has 12 heteroatoms. The number of fused-ring (bicyclic) bond motifs is 1. The Morgan fingerprint density at radius 3 is 2.70 bits per heavy atom. The number of hydrogen-bond donors (Lipinski definition) is 1. The topological polar surface area (TPSA) is 136 Å². The van der Waals surface area contributed by atoms with Crippen LogP contribution in [-0.4, -0.2) is 68.3 Å². The van der Waals surface area contributed by atoms with Crippen LogP contribution < -0.4 is 11.2 Å². The van der Waals surface area contributed by atoms with Gasteiger partial charge >= 0.3 is 5.69 Å². The number of nitrogens with zero attached hydrogens (tertiary/aromatic N) is 5. The van der Waals surface area contributed by atoms with Gasteiger partial charge in [-0.05, 0) is 12.8 Å². The van der Waals surface area contributed by atoms with E-state index in [1.165, 1.54) is 17.8 Å². The monoisotopic (exact) mass is 475 g/mol. The van der Waals surface area contributed by atoms with E-state index in [9.17, 15) is 24.3 Å². The first kappa shape index (κ1) is 23.2. The van der Waals surface area contributed by atoms with Crippen molar-refractivity contribution in [3.05, 3.63) is 31.3 Å². The summed E-state index contributed by atoms with van der Waals surface area (Å²) < 4.78 is 2.47. The summed E-state index contributed by atoms with van der Waals surface area (Å²) in [7, 11) is 1.37. The number of thiophene rings is 1. The zero-order valence-electron chi connectivity index (χ0n) is 18.8. The van der Waals surface area contributed by atoms with E-state index in [1.807, 2.05) is 13.8 Å². The normalized spacial score (nSPS) is 20.8. The lowest BCUT2D eigenvalue weighted by Gasteiger charge is -2.16. The summed E-state index contributed by atoms with van der Waals surface area (Å²) >= 11 is 1.13. The second-order valence-corrected chi connectivity index (χ2v) is 9.72. The first-order valence-corrected chi connectivity index (χ1v) is 11.4. The molecule has 0 radical (unpaired) electrons. The number of hydrogen-bond acceptors (Lipinski definition) is 8. The molecule has 2 amide bonds. The summed E-state index contributed by atoms with van der Waals surface area (Å²) in [6, 6.07) is -0.839. The van der Waals surface area contributed by atoms with Crippen LogP contribution in [0.25, 0.3) is 10.2 Å². The number of carbonyl (C=O) groups excluding carboxylic acids is 2. The van der Waals surface area contributed by atoms with E-state index in [-0.39, 0.29) is 36.4 Å². The molecule has 2 atom stereocenters. The van der Waals surface area contributed by atoms with Crippen molar-refractivity contribution in [2.75, 3.05) is 13.2 Å². The quantitative estimate of drug-likeness (QED) is 0.654. The van der Waals surface area contributed by atoms with E-state index in [0.29, 0.717) is 22.0 Å². The van der Waals surface area contributed by atoms with E-state index < -0.39 is 35.2 Å². The van der Waals surface area contributed by atoms with Crippen LogP contribution >= 0.6 is 11.3 Å². The maximum Gasteiger partial charge on any atom is 0.331 e. The minimum atomic E-state index is -0.842. The maximum atomic E-state index is 13.5. The average Bonchev–Trinajstić information content (AvgIpc) is 3.35. The van der Waals surface area contributed by atoms with Crippen molar-refractivity contribution in [2.45, 2.75) is 45.9 Å². The Morgan fingerprint density at radius 2 is 2.06 bits per heavy atom. The second kappa shape index (κ2) is 8.76. The lowest BCUT2D eigenvalue weighted by atomic mass is 10.1. The van der Waals surface area contributed by atoms with Gasteiger partial charge in [0, 0.05) is 24.9 Å². The summed E-state index contributed by atoms with van der Waals surface area (Å²) in [4.78, 5) is 66.2. The van der Waals surface area contributed by atoms with Gasteiger partial charge in [0.25, 0.3) is 17.4 Å². The highest BCUT2D eigenvalue weighted by atomic mass is 32.1. The van der Waals surface area contributed by atoms with Crippen LogP contribution in [0.2, 0.25) is 0 Å².